The van der Waals surface area contributed by atoms with E-state index in [2.05, 4.69) is 50.2 Å². The van der Waals surface area contributed by atoms with E-state index < -0.39 is 10.0 Å². The van der Waals surface area contributed by atoms with Crippen molar-refractivity contribution in [1.29, 1.82) is 0 Å². The van der Waals surface area contributed by atoms with Gasteiger partial charge in [-0.25, -0.2) is 13.4 Å². The van der Waals surface area contributed by atoms with Crippen LogP contribution in [0.5, 0.6) is 5.75 Å². The van der Waals surface area contributed by atoms with Gasteiger partial charge in [-0.15, -0.1) is 0 Å². The molecule has 2 aliphatic heterocycles. The Morgan fingerprint density at radius 2 is 2.07 bits per heavy atom. The molecule has 2 aromatic carbocycles. The van der Waals surface area contributed by atoms with E-state index in [0.29, 0.717) is 18.4 Å². The largest absolute Gasteiger partial charge is 0.493 e. The Hall–Kier alpha value is -2.49. The average molecular weight is 443 g/mol. The van der Waals surface area contributed by atoms with Crippen LogP contribution in [0.3, 0.4) is 0 Å². The van der Waals surface area contributed by atoms with Crippen molar-refractivity contribution in [3.63, 3.8) is 0 Å². The van der Waals surface area contributed by atoms with Crippen LogP contribution in [0, 0.1) is 0 Å². The second-order valence-electron chi connectivity index (χ2n) is 7.57. The fourth-order valence-electron chi connectivity index (χ4n) is 4.47. The molecule has 0 saturated carbocycles. The van der Waals surface area contributed by atoms with Crippen LogP contribution in [0.4, 0.5) is 5.13 Å². The monoisotopic (exact) mass is 442 g/mol. The van der Waals surface area contributed by atoms with Gasteiger partial charge in [-0.3, -0.25) is 9.62 Å². The molecule has 3 heterocycles. The third-order valence-electron chi connectivity index (χ3n) is 5.93. The Morgan fingerprint density at radius 3 is 2.90 bits per heavy atom. The normalized spacial score (nSPS) is 21.4. The smallest absolute Gasteiger partial charge is 0.263 e. The summed E-state index contributed by atoms with van der Waals surface area (Å²) in [5.74, 6) is 0.637. The van der Waals surface area contributed by atoms with E-state index in [-0.39, 0.29) is 16.1 Å². The van der Waals surface area contributed by atoms with Crippen molar-refractivity contribution in [2.24, 2.45) is 0 Å². The van der Waals surface area contributed by atoms with Crippen LogP contribution in [-0.2, 0) is 16.4 Å². The fourth-order valence-corrected chi connectivity index (χ4v) is 6.15. The molecule has 0 bridgehead atoms. The van der Waals surface area contributed by atoms with Gasteiger partial charge in [-0.1, -0.05) is 30.3 Å². The highest BCUT2D eigenvalue weighted by Gasteiger charge is 2.34. The first-order valence-electron chi connectivity index (χ1n) is 9.93. The first kappa shape index (κ1) is 19.5. The predicted molar refractivity (Wildman–Crippen MR) is 115 cm³/mol. The van der Waals surface area contributed by atoms with Crippen LogP contribution in [0.1, 0.15) is 42.1 Å². The van der Waals surface area contributed by atoms with Gasteiger partial charge in [0.15, 0.2) is 0 Å². The lowest BCUT2D eigenvalue weighted by molar-refractivity contribution is 0.0957. The Morgan fingerprint density at radius 1 is 1.20 bits per heavy atom. The van der Waals surface area contributed by atoms with Gasteiger partial charge in [-0.2, -0.15) is 4.37 Å². The maximum Gasteiger partial charge on any atom is 0.263 e. The summed E-state index contributed by atoms with van der Waals surface area (Å²) in [4.78, 5) is 6.57. The first-order chi connectivity index (χ1) is 14.5. The molecule has 5 rings (SSSR count). The Kier molecular flexibility index (Phi) is 4.96. The highest BCUT2D eigenvalue weighted by Crippen LogP contribution is 2.43. The maximum absolute atomic E-state index is 12.7. The highest BCUT2D eigenvalue weighted by molar-refractivity contribution is 7.93. The van der Waals surface area contributed by atoms with Crippen molar-refractivity contribution in [2.45, 2.75) is 36.7 Å². The van der Waals surface area contributed by atoms with Gasteiger partial charge < -0.3 is 4.74 Å². The Balaban J connectivity index is 1.44. The van der Waals surface area contributed by atoms with Crippen LogP contribution in [0.25, 0.3) is 0 Å². The maximum atomic E-state index is 12.7. The molecule has 0 amide bonds. The average Bonchev–Trinajstić information content (AvgIpc) is 3.26. The van der Waals surface area contributed by atoms with E-state index in [1.54, 1.807) is 12.1 Å². The summed E-state index contributed by atoms with van der Waals surface area (Å²) in [5.41, 5.74) is 3.83. The number of aromatic nitrogens is 2. The number of sulfonamides is 1. The number of fused-ring (bicyclic) bond motifs is 2. The first-order valence-corrected chi connectivity index (χ1v) is 12.2. The number of hydrogen-bond acceptors (Lipinski definition) is 7. The number of anilines is 1. The second-order valence-corrected chi connectivity index (χ2v) is 10.0. The molecular weight excluding hydrogens is 420 g/mol. The molecule has 1 aromatic heterocycles. The molecule has 30 heavy (non-hydrogen) atoms. The van der Waals surface area contributed by atoms with Gasteiger partial charge >= 0.3 is 0 Å². The van der Waals surface area contributed by atoms with Gasteiger partial charge in [0.1, 0.15) is 12.1 Å². The summed E-state index contributed by atoms with van der Waals surface area (Å²) in [6.45, 7) is 3.79. The zero-order valence-electron chi connectivity index (χ0n) is 16.5. The molecule has 0 saturated heterocycles. The lowest BCUT2D eigenvalue weighted by Gasteiger charge is -2.43. The summed E-state index contributed by atoms with van der Waals surface area (Å²) in [6, 6.07) is 14.3. The highest BCUT2D eigenvalue weighted by atomic mass is 32.2. The number of benzene rings is 2. The van der Waals surface area contributed by atoms with Crippen molar-refractivity contribution >= 4 is 26.7 Å². The molecule has 0 aliphatic carbocycles. The Bertz CT molecular complexity index is 1160. The number of nitrogens with zero attached hydrogens (tertiary/aromatic N) is 3. The van der Waals surface area contributed by atoms with Crippen molar-refractivity contribution in [3.05, 3.63) is 65.5 Å². The zero-order valence-corrected chi connectivity index (χ0v) is 18.1. The Labute approximate surface area is 179 Å². The van der Waals surface area contributed by atoms with E-state index >= 15 is 0 Å². The minimum Gasteiger partial charge on any atom is -0.493 e. The van der Waals surface area contributed by atoms with Crippen molar-refractivity contribution in [3.8, 4) is 5.75 Å². The second kappa shape index (κ2) is 7.64. The van der Waals surface area contributed by atoms with Crippen molar-refractivity contribution in [1.82, 2.24) is 14.3 Å². The standard InChI is InChI=1S/C21H22N4O3S2/c1-14-17-5-3-2-4-15(17)8-10-25(14)19-9-11-28-20-12-16(6-7-18(19)20)30(26,27)24-21-22-13-23-29-21/h2-7,12-14,19H,8-11H2,1H3,(H,22,23,24)/t14-,19+/m1/s1. The van der Waals surface area contributed by atoms with E-state index in [1.165, 1.54) is 17.5 Å². The van der Waals surface area contributed by atoms with Crippen LogP contribution in [0.15, 0.2) is 53.7 Å². The SMILES string of the molecule is C[C@@H]1c2ccccc2CCN1[C@H]1CCOc2cc(S(=O)(=O)Nc3ncns3)ccc21. The molecule has 0 fully saturated rings. The van der Waals surface area contributed by atoms with Gasteiger partial charge in [-0.05, 0) is 30.5 Å². The molecule has 0 spiro atoms. The minimum atomic E-state index is -3.75. The van der Waals surface area contributed by atoms with Crippen LogP contribution < -0.4 is 9.46 Å². The van der Waals surface area contributed by atoms with Crippen molar-refractivity contribution < 1.29 is 13.2 Å². The summed E-state index contributed by atoms with van der Waals surface area (Å²) >= 11 is 0.998. The number of nitrogens with one attached hydrogen (secondary N) is 1. The fraction of sp³-hybridized carbons (Fsp3) is 0.333. The third-order valence-corrected chi connectivity index (χ3v) is 7.97. The molecule has 2 aliphatic rings. The van der Waals surface area contributed by atoms with Gasteiger partial charge in [0.05, 0.1) is 11.5 Å². The topological polar surface area (TPSA) is 84.4 Å². The number of ether oxygens (including phenoxy) is 1. The molecule has 9 heteroatoms. The minimum absolute atomic E-state index is 0.161. The van der Waals surface area contributed by atoms with Gasteiger partial charge in [0.2, 0.25) is 5.13 Å². The quantitative estimate of drug-likeness (QED) is 0.662. The van der Waals surface area contributed by atoms with Crippen LogP contribution in [-0.4, -0.2) is 35.8 Å². The number of rotatable bonds is 4. The van der Waals surface area contributed by atoms with E-state index in [4.69, 9.17) is 4.74 Å². The summed E-state index contributed by atoms with van der Waals surface area (Å²) in [7, 11) is -3.75. The summed E-state index contributed by atoms with van der Waals surface area (Å²) in [6.07, 6.45) is 3.22. The summed E-state index contributed by atoms with van der Waals surface area (Å²) in [5, 5.41) is 0.243. The molecule has 0 radical (unpaired) electrons. The molecular formula is C21H22N4O3S2. The van der Waals surface area contributed by atoms with E-state index in [9.17, 15) is 8.42 Å². The number of hydrogen-bond donors (Lipinski definition) is 1. The molecule has 2 atom stereocenters. The third kappa shape index (κ3) is 3.46. The van der Waals surface area contributed by atoms with E-state index in [0.717, 1.165) is 36.5 Å². The molecule has 7 nitrogen and oxygen atoms in total. The molecule has 1 N–H and O–H groups in total. The lowest BCUT2D eigenvalue weighted by Crippen LogP contribution is -2.39. The zero-order chi connectivity index (χ0) is 20.7. The molecule has 3 aromatic rings. The lowest BCUT2D eigenvalue weighted by atomic mass is 9.89. The summed E-state index contributed by atoms with van der Waals surface area (Å²) < 4.78 is 37.6. The predicted octanol–water partition coefficient (Wildman–Crippen LogP) is 3.78. The molecule has 0 unspecified atom stereocenters. The van der Waals surface area contributed by atoms with E-state index in [1.807, 2.05) is 6.07 Å². The van der Waals surface area contributed by atoms with Crippen molar-refractivity contribution in [2.75, 3.05) is 17.9 Å². The van der Waals surface area contributed by atoms with Crippen LogP contribution >= 0.6 is 11.5 Å². The van der Waals surface area contributed by atoms with Gasteiger partial charge in [0, 0.05) is 48.2 Å². The molecule has 156 valence electrons. The van der Waals surface area contributed by atoms with Gasteiger partial charge in [0.25, 0.3) is 10.0 Å². The van der Waals surface area contributed by atoms with Crippen LogP contribution in [0.2, 0.25) is 0 Å².